The van der Waals surface area contributed by atoms with Gasteiger partial charge in [0.25, 0.3) is 0 Å². The van der Waals surface area contributed by atoms with Gasteiger partial charge in [-0.05, 0) is 43.4 Å². The largest absolute Gasteiger partial charge is 0.383 e. The third kappa shape index (κ3) is 2.26. The summed E-state index contributed by atoms with van der Waals surface area (Å²) < 4.78 is 0. The lowest BCUT2D eigenvalue weighted by molar-refractivity contribution is 0.444. The summed E-state index contributed by atoms with van der Waals surface area (Å²) in [7, 11) is 0. The van der Waals surface area contributed by atoms with E-state index in [1.807, 2.05) is 0 Å². The van der Waals surface area contributed by atoms with E-state index in [-0.39, 0.29) is 0 Å². The molecule has 92 valence electrons. The molecule has 1 aliphatic carbocycles. The van der Waals surface area contributed by atoms with Gasteiger partial charge in [-0.3, -0.25) is 0 Å². The highest BCUT2D eigenvalue weighted by Crippen LogP contribution is 2.33. The summed E-state index contributed by atoms with van der Waals surface area (Å²) in [5.74, 6) is 0.796. The molecule has 0 amide bonds. The van der Waals surface area contributed by atoms with Crippen LogP contribution in [0.25, 0.3) is 0 Å². The molecule has 0 bridgehead atoms. The van der Waals surface area contributed by atoms with Crippen LogP contribution in [0.3, 0.4) is 0 Å². The van der Waals surface area contributed by atoms with Crippen molar-refractivity contribution in [3.05, 3.63) is 23.8 Å². The van der Waals surface area contributed by atoms with Crippen molar-refractivity contribution in [3.8, 4) is 0 Å². The van der Waals surface area contributed by atoms with Gasteiger partial charge in [-0.25, -0.2) is 0 Å². The molecule has 1 aromatic rings. The first kappa shape index (κ1) is 10.9. The molecule has 2 N–H and O–H groups in total. The van der Waals surface area contributed by atoms with Gasteiger partial charge in [-0.1, -0.05) is 25.3 Å². The second kappa shape index (κ2) is 4.59. The Kier molecular flexibility index (Phi) is 2.96. The maximum atomic E-state index is 3.77. The average Bonchev–Trinajstić information content (AvgIpc) is 2.62. The molecule has 1 saturated carbocycles. The maximum absolute atomic E-state index is 3.77. The highest BCUT2D eigenvalue weighted by molar-refractivity contribution is 5.70. The number of anilines is 2. The van der Waals surface area contributed by atoms with Crippen molar-refractivity contribution >= 4 is 11.4 Å². The SMILES string of the molecule is Cc1ccc2c(c1)NCC1CCCCCC1N2. The van der Waals surface area contributed by atoms with Crippen LogP contribution in [0.4, 0.5) is 11.4 Å². The van der Waals surface area contributed by atoms with E-state index in [9.17, 15) is 0 Å². The van der Waals surface area contributed by atoms with E-state index in [2.05, 4.69) is 35.8 Å². The monoisotopic (exact) mass is 230 g/mol. The fraction of sp³-hybridized carbons (Fsp3) is 0.600. The number of benzene rings is 1. The minimum absolute atomic E-state index is 0.675. The Hall–Kier alpha value is -1.18. The van der Waals surface area contributed by atoms with Crippen LogP contribution in [0.1, 0.15) is 37.7 Å². The van der Waals surface area contributed by atoms with Gasteiger partial charge < -0.3 is 10.6 Å². The van der Waals surface area contributed by atoms with Crippen molar-refractivity contribution in [3.63, 3.8) is 0 Å². The van der Waals surface area contributed by atoms with E-state index >= 15 is 0 Å². The molecule has 2 aliphatic rings. The zero-order valence-electron chi connectivity index (χ0n) is 10.6. The van der Waals surface area contributed by atoms with E-state index in [0.29, 0.717) is 6.04 Å². The van der Waals surface area contributed by atoms with Crippen molar-refractivity contribution in [2.45, 2.75) is 45.1 Å². The fourth-order valence-electron chi connectivity index (χ4n) is 3.19. The van der Waals surface area contributed by atoms with E-state index in [1.54, 1.807) is 0 Å². The Balaban J connectivity index is 1.87. The standard InChI is InChI=1S/C15H22N2/c1-11-7-8-14-15(9-11)16-10-12-5-3-2-4-6-13(12)17-14/h7-9,12-13,16-17H,2-6,10H2,1H3. The van der Waals surface area contributed by atoms with Crippen molar-refractivity contribution in [1.82, 2.24) is 0 Å². The normalized spacial score (nSPS) is 27.8. The van der Waals surface area contributed by atoms with Crippen molar-refractivity contribution in [1.29, 1.82) is 0 Å². The molecule has 2 unspecified atom stereocenters. The van der Waals surface area contributed by atoms with Crippen LogP contribution < -0.4 is 10.6 Å². The van der Waals surface area contributed by atoms with Crippen LogP contribution in [0.15, 0.2) is 18.2 Å². The Morgan fingerprint density at radius 3 is 2.88 bits per heavy atom. The van der Waals surface area contributed by atoms with Gasteiger partial charge in [0.1, 0.15) is 0 Å². The molecule has 2 atom stereocenters. The molecule has 2 nitrogen and oxygen atoms in total. The van der Waals surface area contributed by atoms with E-state index < -0.39 is 0 Å². The third-order valence-corrected chi connectivity index (χ3v) is 4.23. The summed E-state index contributed by atoms with van der Waals surface area (Å²) in [6.45, 7) is 3.29. The number of rotatable bonds is 0. The second-order valence-electron chi connectivity index (χ2n) is 5.58. The quantitative estimate of drug-likeness (QED) is 0.708. The van der Waals surface area contributed by atoms with Gasteiger partial charge in [0.15, 0.2) is 0 Å². The lowest BCUT2D eigenvalue weighted by atomic mass is 9.95. The Morgan fingerprint density at radius 1 is 1.06 bits per heavy atom. The summed E-state index contributed by atoms with van der Waals surface area (Å²) in [4.78, 5) is 0. The molecule has 0 spiro atoms. The highest BCUT2D eigenvalue weighted by Gasteiger charge is 2.26. The molecule has 0 radical (unpaired) electrons. The topological polar surface area (TPSA) is 24.1 Å². The molecule has 1 fully saturated rings. The predicted molar refractivity (Wildman–Crippen MR) is 73.7 cm³/mol. The molecular weight excluding hydrogens is 208 g/mol. The molecule has 3 rings (SSSR count). The third-order valence-electron chi connectivity index (χ3n) is 4.23. The number of aryl methyl sites for hydroxylation is 1. The van der Waals surface area contributed by atoms with Crippen LogP contribution in [-0.4, -0.2) is 12.6 Å². The average molecular weight is 230 g/mol. The molecule has 2 heteroatoms. The first-order valence-electron chi connectivity index (χ1n) is 6.94. The molecule has 0 saturated heterocycles. The lowest BCUT2D eigenvalue weighted by Gasteiger charge is -2.23. The molecule has 17 heavy (non-hydrogen) atoms. The Labute approximate surface area is 104 Å². The summed E-state index contributed by atoms with van der Waals surface area (Å²) >= 11 is 0. The molecule has 1 aliphatic heterocycles. The maximum Gasteiger partial charge on any atom is 0.0578 e. The lowest BCUT2D eigenvalue weighted by Crippen LogP contribution is -2.30. The summed E-state index contributed by atoms with van der Waals surface area (Å²) in [6, 6.07) is 7.36. The van der Waals surface area contributed by atoms with Crippen molar-refractivity contribution in [2.24, 2.45) is 5.92 Å². The van der Waals surface area contributed by atoms with E-state index in [0.717, 1.165) is 12.5 Å². The molecule has 1 aromatic carbocycles. The number of fused-ring (bicyclic) bond motifs is 2. The van der Waals surface area contributed by atoms with E-state index in [4.69, 9.17) is 0 Å². The summed E-state index contributed by atoms with van der Waals surface area (Å²) in [6.07, 6.45) is 6.90. The van der Waals surface area contributed by atoms with Gasteiger partial charge >= 0.3 is 0 Å². The van der Waals surface area contributed by atoms with Gasteiger partial charge in [0, 0.05) is 12.6 Å². The summed E-state index contributed by atoms with van der Waals surface area (Å²) in [5, 5.41) is 7.40. The van der Waals surface area contributed by atoms with E-state index in [1.165, 1.54) is 49.0 Å². The zero-order valence-corrected chi connectivity index (χ0v) is 10.6. The van der Waals surface area contributed by atoms with Crippen LogP contribution in [0.5, 0.6) is 0 Å². The zero-order chi connectivity index (χ0) is 11.7. The Bertz CT molecular complexity index is 400. The second-order valence-corrected chi connectivity index (χ2v) is 5.58. The van der Waals surface area contributed by atoms with Gasteiger partial charge in [-0.15, -0.1) is 0 Å². The predicted octanol–water partition coefficient (Wildman–Crippen LogP) is 3.78. The molecule has 0 aromatic heterocycles. The van der Waals surface area contributed by atoms with Gasteiger partial charge in [0.05, 0.1) is 11.4 Å². The van der Waals surface area contributed by atoms with Crippen LogP contribution in [0.2, 0.25) is 0 Å². The first-order valence-corrected chi connectivity index (χ1v) is 6.94. The highest BCUT2D eigenvalue weighted by atomic mass is 15.0. The minimum atomic E-state index is 0.675. The van der Waals surface area contributed by atoms with Crippen molar-refractivity contribution < 1.29 is 0 Å². The number of hydrogen-bond donors (Lipinski definition) is 2. The fourth-order valence-corrected chi connectivity index (χ4v) is 3.19. The van der Waals surface area contributed by atoms with Gasteiger partial charge in [0.2, 0.25) is 0 Å². The van der Waals surface area contributed by atoms with Gasteiger partial charge in [-0.2, -0.15) is 0 Å². The first-order chi connectivity index (χ1) is 8.33. The molecule has 1 heterocycles. The number of nitrogens with one attached hydrogen (secondary N) is 2. The van der Waals surface area contributed by atoms with Crippen LogP contribution in [-0.2, 0) is 0 Å². The minimum Gasteiger partial charge on any atom is -0.383 e. The smallest absolute Gasteiger partial charge is 0.0578 e. The Morgan fingerprint density at radius 2 is 1.94 bits per heavy atom. The summed E-state index contributed by atoms with van der Waals surface area (Å²) in [5.41, 5.74) is 3.92. The van der Waals surface area contributed by atoms with Crippen LogP contribution >= 0.6 is 0 Å². The van der Waals surface area contributed by atoms with Crippen LogP contribution in [0, 0.1) is 12.8 Å². The van der Waals surface area contributed by atoms with Crippen molar-refractivity contribution in [2.75, 3.05) is 17.2 Å². The number of hydrogen-bond acceptors (Lipinski definition) is 2. The molecular formula is C15H22N2.